The van der Waals surface area contributed by atoms with Crippen molar-refractivity contribution >= 4 is 34.4 Å². The fourth-order valence-corrected chi connectivity index (χ4v) is 2.31. The Morgan fingerprint density at radius 3 is 2.53 bits per heavy atom. The van der Waals surface area contributed by atoms with Crippen LogP contribution in [0.4, 0.5) is 0 Å². The lowest BCUT2D eigenvalue weighted by Gasteiger charge is -2.19. The SMILES string of the molecule is CC(C)CN(C)C(=O)CNC(=O)c1ccccc1I. The second kappa shape index (κ2) is 7.47. The van der Waals surface area contributed by atoms with Gasteiger partial charge in [0.25, 0.3) is 5.91 Å². The molecule has 0 saturated carbocycles. The molecule has 104 valence electrons. The number of amides is 2. The predicted molar refractivity (Wildman–Crippen MR) is 84.0 cm³/mol. The summed E-state index contributed by atoms with van der Waals surface area (Å²) >= 11 is 2.11. The Bertz CT molecular complexity index is 461. The Morgan fingerprint density at radius 2 is 1.95 bits per heavy atom. The molecule has 0 spiro atoms. The van der Waals surface area contributed by atoms with Crippen LogP contribution in [0.2, 0.25) is 0 Å². The number of hydrogen-bond donors (Lipinski definition) is 1. The maximum atomic E-state index is 11.9. The number of carbonyl (C=O) groups is 2. The number of nitrogens with one attached hydrogen (secondary N) is 1. The van der Waals surface area contributed by atoms with E-state index in [-0.39, 0.29) is 18.4 Å². The zero-order valence-corrected chi connectivity index (χ0v) is 13.6. The lowest BCUT2D eigenvalue weighted by atomic mass is 10.2. The Labute approximate surface area is 127 Å². The fraction of sp³-hybridized carbons (Fsp3) is 0.429. The molecule has 0 aliphatic heterocycles. The first-order valence-corrected chi connectivity index (χ1v) is 7.26. The summed E-state index contributed by atoms with van der Waals surface area (Å²) in [4.78, 5) is 25.4. The minimum Gasteiger partial charge on any atom is -0.344 e. The van der Waals surface area contributed by atoms with E-state index >= 15 is 0 Å². The van der Waals surface area contributed by atoms with Gasteiger partial charge in [0.05, 0.1) is 12.1 Å². The Kier molecular flexibility index (Phi) is 6.27. The summed E-state index contributed by atoms with van der Waals surface area (Å²) < 4.78 is 0.876. The molecule has 0 aromatic heterocycles. The van der Waals surface area contributed by atoms with Crippen molar-refractivity contribution < 1.29 is 9.59 Å². The third-order valence-corrected chi connectivity index (χ3v) is 3.52. The molecule has 2 amide bonds. The van der Waals surface area contributed by atoms with E-state index in [2.05, 4.69) is 41.8 Å². The van der Waals surface area contributed by atoms with E-state index in [1.165, 1.54) is 0 Å². The van der Waals surface area contributed by atoms with E-state index in [1.54, 1.807) is 18.0 Å². The average molecular weight is 374 g/mol. The monoisotopic (exact) mass is 374 g/mol. The summed E-state index contributed by atoms with van der Waals surface area (Å²) in [5.41, 5.74) is 0.599. The van der Waals surface area contributed by atoms with Crippen molar-refractivity contribution in [2.75, 3.05) is 20.1 Å². The maximum Gasteiger partial charge on any atom is 0.252 e. The molecule has 4 nitrogen and oxygen atoms in total. The van der Waals surface area contributed by atoms with Crippen molar-refractivity contribution in [3.8, 4) is 0 Å². The van der Waals surface area contributed by atoms with Crippen LogP contribution in [-0.2, 0) is 4.79 Å². The molecular weight excluding hydrogens is 355 g/mol. The van der Waals surface area contributed by atoms with Gasteiger partial charge >= 0.3 is 0 Å². The molecule has 0 aliphatic carbocycles. The van der Waals surface area contributed by atoms with E-state index in [1.807, 2.05) is 18.2 Å². The van der Waals surface area contributed by atoms with Gasteiger partial charge < -0.3 is 10.2 Å². The molecule has 1 aromatic carbocycles. The van der Waals surface area contributed by atoms with Crippen LogP contribution < -0.4 is 5.32 Å². The normalized spacial score (nSPS) is 10.4. The average Bonchev–Trinajstić information content (AvgIpc) is 2.35. The van der Waals surface area contributed by atoms with Gasteiger partial charge in [0, 0.05) is 17.2 Å². The maximum absolute atomic E-state index is 11.9. The quantitative estimate of drug-likeness (QED) is 0.803. The van der Waals surface area contributed by atoms with Gasteiger partial charge in [-0.25, -0.2) is 0 Å². The number of likely N-dealkylation sites (N-methyl/N-ethyl adjacent to an activating group) is 1. The molecule has 19 heavy (non-hydrogen) atoms. The van der Waals surface area contributed by atoms with Crippen molar-refractivity contribution in [3.63, 3.8) is 0 Å². The molecule has 0 atom stereocenters. The van der Waals surface area contributed by atoms with Crippen LogP contribution >= 0.6 is 22.6 Å². The number of rotatable bonds is 5. The van der Waals surface area contributed by atoms with Crippen LogP contribution in [0, 0.1) is 9.49 Å². The molecule has 1 rings (SSSR count). The van der Waals surface area contributed by atoms with Crippen LogP contribution in [0.25, 0.3) is 0 Å². The highest BCUT2D eigenvalue weighted by Gasteiger charge is 2.13. The molecule has 1 N–H and O–H groups in total. The molecule has 5 heteroatoms. The first-order valence-electron chi connectivity index (χ1n) is 6.18. The van der Waals surface area contributed by atoms with Crippen molar-refractivity contribution in [3.05, 3.63) is 33.4 Å². The molecule has 0 saturated heterocycles. The molecule has 0 bridgehead atoms. The molecular formula is C14H19IN2O2. The van der Waals surface area contributed by atoms with Crippen LogP contribution in [0.15, 0.2) is 24.3 Å². The smallest absolute Gasteiger partial charge is 0.252 e. The minimum atomic E-state index is -0.212. The number of benzene rings is 1. The zero-order valence-electron chi connectivity index (χ0n) is 11.4. The Balaban J connectivity index is 2.51. The summed E-state index contributed by atoms with van der Waals surface area (Å²) in [5, 5.41) is 2.66. The third kappa shape index (κ3) is 5.18. The summed E-state index contributed by atoms with van der Waals surface area (Å²) in [6.45, 7) is 4.83. The van der Waals surface area contributed by atoms with Gasteiger partial charge in [0.2, 0.25) is 5.91 Å². The molecule has 0 unspecified atom stereocenters. The lowest BCUT2D eigenvalue weighted by molar-refractivity contribution is -0.129. The van der Waals surface area contributed by atoms with Crippen molar-refractivity contribution in [1.82, 2.24) is 10.2 Å². The first kappa shape index (κ1) is 15.9. The highest BCUT2D eigenvalue weighted by Crippen LogP contribution is 2.10. The van der Waals surface area contributed by atoms with Crippen LogP contribution in [0.5, 0.6) is 0 Å². The molecule has 0 fully saturated rings. The fourth-order valence-electron chi connectivity index (χ4n) is 1.68. The first-order chi connectivity index (χ1) is 8.91. The van der Waals surface area contributed by atoms with E-state index in [0.717, 1.165) is 3.57 Å². The van der Waals surface area contributed by atoms with Gasteiger partial charge in [0.15, 0.2) is 0 Å². The zero-order chi connectivity index (χ0) is 14.4. The minimum absolute atomic E-state index is 0.0347. The van der Waals surface area contributed by atoms with E-state index in [9.17, 15) is 9.59 Å². The van der Waals surface area contributed by atoms with Crippen LogP contribution in [-0.4, -0.2) is 36.9 Å². The number of nitrogens with zero attached hydrogens (tertiary/aromatic N) is 1. The lowest BCUT2D eigenvalue weighted by Crippen LogP contribution is -2.39. The van der Waals surface area contributed by atoms with Crippen molar-refractivity contribution in [1.29, 1.82) is 0 Å². The van der Waals surface area contributed by atoms with Gasteiger partial charge in [-0.1, -0.05) is 26.0 Å². The van der Waals surface area contributed by atoms with Gasteiger partial charge in [-0.05, 0) is 40.6 Å². The molecule has 0 aliphatic rings. The topological polar surface area (TPSA) is 49.4 Å². The standard InChI is InChI=1S/C14H19IN2O2/c1-10(2)9-17(3)13(18)8-16-14(19)11-6-4-5-7-12(11)15/h4-7,10H,8-9H2,1-3H3,(H,16,19). The van der Waals surface area contributed by atoms with E-state index < -0.39 is 0 Å². The van der Waals surface area contributed by atoms with E-state index in [0.29, 0.717) is 18.0 Å². The van der Waals surface area contributed by atoms with Crippen LogP contribution in [0.3, 0.4) is 0 Å². The molecule has 0 heterocycles. The molecule has 1 aromatic rings. The number of hydrogen-bond acceptors (Lipinski definition) is 2. The number of carbonyl (C=O) groups excluding carboxylic acids is 2. The van der Waals surface area contributed by atoms with Crippen molar-refractivity contribution in [2.45, 2.75) is 13.8 Å². The van der Waals surface area contributed by atoms with Gasteiger partial charge in [-0.15, -0.1) is 0 Å². The largest absolute Gasteiger partial charge is 0.344 e. The van der Waals surface area contributed by atoms with Crippen LogP contribution in [0.1, 0.15) is 24.2 Å². The second-order valence-electron chi connectivity index (χ2n) is 4.83. The molecule has 0 radical (unpaired) electrons. The third-order valence-electron chi connectivity index (χ3n) is 2.58. The highest BCUT2D eigenvalue weighted by molar-refractivity contribution is 14.1. The van der Waals surface area contributed by atoms with Gasteiger partial charge in [-0.2, -0.15) is 0 Å². The number of halogens is 1. The summed E-state index contributed by atoms with van der Waals surface area (Å²) in [6.07, 6.45) is 0. The van der Waals surface area contributed by atoms with E-state index in [4.69, 9.17) is 0 Å². The Morgan fingerprint density at radius 1 is 1.32 bits per heavy atom. The summed E-state index contributed by atoms with van der Waals surface area (Å²) in [7, 11) is 1.75. The Hall–Kier alpha value is -1.11. The van der Waals surface area contributed by atoms with Gasteiger partial charge in [0.1, 0.15) is 0 Å². The van der Waals surface area contributed by atoms with Gasteiger partial charge in [-0.3, -0.25) is 9.59 Å². The van der Waals surface area contributed by atoms with Crippen molar-refractivity contribution in [2.24, 2.45) is 5.92 Å². The predicted octanol–water partition coefficient (Wildman–Crippen LogP) is 2.14. The summed E-state index contributed by atoms with van der Waals surface area (Å²) in [5.74, 6) is 0.129. The summed E-state index contributed by atoms with van der Waals surface area (Å²) in [6, 6.07) is 7.30. The highest BCUT2D eigenvalue weighted by atomic mass is 127. The second-order valence-corrected chi connectivity index (χ2v) is 5.99.